The topological polar surface area (TPSA) is 32.3 Å². The Hall–Kier alpha value is -1.87. The average molecular weight is 271 g/mol. The number of hydrogen-bond acceptors (Lipinski definition) is 2. The molecule has 0 saturated heterocycles. The molecule has 1 aliphatic carbocycles. The summed E-state index contributed by atoms with van der Waals surface area (Å²) in [5, 5.41) is 13.3. The van der Waals surface area contributed by atoms with Gasteiger partial charge in [-0.25, -0.2) is 4.39 Å². The van der Waals surface area contributed by atoms with Gasteiger partial charge < -0.3 is 10.4 Å². The fourth-order valence-corrected chi connectivity index (χ4v) is 3.03. The van der Waals surface area contributed by atoms with E-state index in [0.29, 0.717) is 11.3 Å². The molecule has 2 aromatic rings. The summed E-state index contributed by atoms with van der Waals surface area (Å²) in [6.45, 7) is 1.97. The summed E-state index contributed by atoms with van der Waals surface area (Å²) in [4.78, 5) is 0. The van der Waals surface area contributed by atoms with Crippen molar-refractivity contribution in [1.82, 2.24) is 5.32 Å². The van der Waals surface area contributed by atoms with Gasteiger partial charge in [-0.1, -0.05) is 30.3 Å². The number of phenols is 1. The molecule has 3 heteroatoms. The van der Waals surface area contributed by atoms with Crippen LogP contribution in [0, 0.1) is 5.82 Å². The molecule has 0 amide bonds. The van der Waals surface area contributed by atoms with Gasteiger partial charge in [0.25, 0.3) is 0 Å². The van der Waals surface area contributed by atoms with Crippen molar-refractivity contribution in [2.24, 2.45) is 0 Å². The maximum absolute atomic E-state index is 13.8. The van der Waals surface area contributed by atoms with Crippen LogP contribution in [-0.2, 0) is 6.42 Å². The largest absolute Gasteiger partial charge is 0.508 e. The molecule has 20 heavy (non-hydrogen) atoms. The molecule has 0 aromatic heterocycles. The highest BCUT2D eigenvalue weighted by Crippen LogP contribution is 2.37. The lowest BCUT2D eigenvalue weighted by atomic mass is 10.0. The molecule has 2 unspecified atom stereocenters. The first-order valence-electron chi connectivity index (χ1n) is 6.98. The van der Waals surface area contributed by atoms with Gasteiger partial charge in [-0.3, -0.25) is 0 Å². The van der Waals surface area contributed by atoms with Crippen molar-refractivity contribution in [3.8, 4) is 5.75 Å². The second kappa shape index (κ2) is 5.25. The standard InChI is InChI=1S/C17H18FNO/c1-11(12-5-2-3-7-15(12)18)19-16-10-9-14-13(16)6-4-8-17(14)20/h2-8,11,16,19-20H,9-10H2,1H3. The van der Waals surface area contributed by atoms with E-state index in [1.54, 1.807) is 12.1 Å². The zero-order valence-electron chi connectivity index (χ0n) is 11.4. The van der Waals surface area contributed by atoms with Crippen LogP contribution in [0.2, 0.25) is 0 Å². The summed E-state index contributed by atoms with van der Waals surface area (Å²) < 4.78 is 13.8. The van der Waals surface area contributed by atoms with Crippen LogP contribution in [0.25, 0.3) is 0 Å². The summed E-state index contributed by atoms with van der Waals surface area (Å²) in [5.41, 5.74) is 2.83. The van der Waals surface area contributed by atoms with Gasteiger partial charge in [-0.05, 0) is 43.0 Å². The predicted molar refractivity (Wildman–Crippen MR) is 77.1 cm³/mol. The molecule has 2 atom stereocenters. The van der Waals surface area contributed by atoms with Crippen LogP contribution in [0.1, 0.15) is 42.1 Å². The zero-order chi connectivity index (χ0) is 14.1. The Morgan fingerprint density at radius 1 is 1.20 bits per heavy atom. The predicted octanol–water partition coefficient (Wildman–Crippen LogP) is 3.87. The van der Waals surface area contributed by atoms with Gasteiger partial charge in [0, 0.05) is 17.6 Å². The number of aromatic hydroxyl groups is 1. The molecule has 3 rings (SSSR count). The highest BCUT2D eigenvalue weighted by atomic mass is 19.1. The van der Waals surface area contributed by atoms with Crippen LogP contribution in [0.15, 0.2) is 42.5 Å². The Morgan fingerprint density at radius 2 is 2.00 bits per heavy atom. The van der Waals surface area contributed by atoms with Gasteiger partial charge in [-0.2, -0.15) is 0 Å². The van der Waals surface area contributed by atoms with Crippen LogP contribution < -0.4 is 5.32 Å². The lowest BCUT2D eigenvalue weighted by Gasteiger charge is -2.21. The van der Waals surface area contributed by atoms with Crippen LogP contribution in [0.5, 0.6) is 5.75 Å². The average Bonchev–Trinajstić information content (AvgIpc) is 2.84. The van der Waals surface area contributed by atoms with Crippen molar-refractivity contribution in [1.29, 1.82) is 0 Å². The maximum Gasteiger partial charge on any atom is 0.127 e. The molecule has 0 heterocycles. The minimum absolute atomic E-state index is 0.0606. The van der Waals surface area contributed by atoms with Crippen molar-refractivity contribution in [2.75, 3.05) is 0 Å². The molecule has 2 aromatic carbocycles. The minimum atomic E-state index is -0.179. The van der Waals surface area contributed by atoms with Gasteiger partial charge in [-0.15, -0.1) is 0 Å². The van der Waals surface area contributed by atoms with Gasteiger partial charge in [0.05, 0.1) is 0 Å². The molecule has 0 fully saturated rings. The van der Waals surface area contributed by atoms with Crippen LogP contribution in [0.4, 0.5) is 4.39 Å². The van der Waals surface area contributed by atoms with E-state index in [0.717, 1.165) is 24.0 Å². The van der Waals surface area contributed by atoms with E-state index in [2.05, 4.69) is 5.32 Å². The number of hydrogen-bond donors (Lipinski definition) is 2. The molecule has 2 nitrogen and oxygen atoms in total. The van der Waals surface area contributed by atoms with E-state index in [1.807, 2.05) is 31.2 Å². The normalized spacial score (nSPS) is 18.8. The number of rotatable bonds is 3. The first kappa shape index (κ1) is 13.1. The van der Waals surface area contributed by atoms with E-state index in [-0.39, 0.29) is 17.9 Å². The third kappa shape index (κ3) is 2.29. The fourth-order valence-electron chi connectivity index (χ4n) is 3.03. The Bertz CT molecular complexity index is 626. The van der Waals surface area contributed by atoms with Crippen molar-refractivity contribution < 1.29 is 9.50 Å². The van der Waals surface area contributed by atoms with Gasteiger partial charge in [0.15, 0.2) is 0 Å². The molecule has 0 radical (unpaired) electrons. The quantitative estimate of drug-likeness (QED) is 0.888. The second-order valence-corrected chi connectivity index (χ2v) is 5.35. The van der Waals surface area contributed by atoms with E-state index >= 15 is 0 Å². The summed E-state index contributed by atoms with van der Waals surface area (Å²) in [5.74, 6) is 0.187. The van der Waals surface area contributed by atoms with Gasteiger partial charge >= 0.3 is 0 Å². The monoisotopic (exact) mass is 271 g/mol. The second-order valence-electron chi connectivity index (χ2n) is 5.35. The number of phenolic OH excluding ortho intramolecular Hbond substituents is 1. The first-order chi connectivity index (χ1) is 9.66. The van der Waals surface area contributed by atoms with Crippen LogP contribution >= 0.6 is 0 Å². The molecule has 0 bridgehead atoms. The maximum atomic E-state index is 13.8. The van der Waals surface area contributed by atoms with Crippen LogP contribution in [-0.4, -0.2) is 5.11 Å². The molecule has 0 spiro atoms. The molecular weight excluding hydrogens is 253 g/mol. The molecule has 0 aliphatic heterocycles. The third-order valence-electron chi connectivity index (χ3n) is 4.07. The number of nitrogens with one attached hydrogen (secondary N) is 1. The summed E-state index contributed by atoms with van der Waals surface area (Å²) in [6, 6.07) is 12.6. The minimum Gasteiger partial charge on any atom is -0.508 e. The number of fused-ring (bicyclic) bond motifs is 1. The van der Waals surface area contributed by atoms with Crippen LogP contribution in [0.3, 0.4) is 0 Å². The van der Waals surface area contributed by atoms with E-state index < -0.39 is 0 Å². The molecular formula is C17H18FNO. The Balaban J connectivity index is 1.81. The SMILES string of the molecule is CC(NC1CCc2c(O)cccc21)c1ccccc1F. The van der Waals surface area contributed by atoms with E-state index in [9.17, 15) is 9.50 Å². The van der Waals surface area contributed by atoms with Gasteiger partial charge in [0.2, 0.25) is 0 Å². The molecule has 0 saturated carbocycles. The van der Waals surface area contributed by atoms with Crippen molar-refractivity contribution in [3.63, 3.8) is 0 Å². The van der Waals surface area contributed by atoms with Crippen molar-refractivity contribution in [2.45, 2.75) is 31.8 Å². The molecule has 104 valence electrons. The summed E-state index contributed by atoms with van der Waals surface area (Å²) in [7, 11) is 0. The molecule has 2 N–H and O–H groups in total. The zero-order valence-corrected chi connectivity index (χ0v) is 11.4. The Morgan fingerprint density at radius 3 is 2.80 bits per heavy atom. The summed E-state index contributed by atoms with van der Waals surface area (Å²) in [6.07, 6.45) is 1.80. The Labute approximate surface area is 118 Å². The lowest BCUT2D eigenvalue weighted by molar-refractivity contribution is 0.450. The molecule has 1 aliphatic rings. The Kier molecular flexibility index (Phi) is 3.45. The van der Waals surface area contributed by atoms with Gasteiger partial charge in [0.1, 0.15) is 11.6 Å². The van der Waals surface area contributed by atoms with E-state index in [4.69, 9.17) is 0 Å². The number of halogens is 1. The summed E-state index contributed by atoms with van der Waals surface area (Å²) >= 11 is 0. The smallest absolute Gasteiger partial charge is 0.127 e. The first-order valence-corrected chi connectivity index (χ1v) is 6.98. The highest BCUT2D eigenvalue weighted by molar-refractivity contribution is 5.44. The van der Waals surface area contributed by atoms with Crippen molar-refractivity contribution in [3.05, 3.63) is 65.0 Å². The number of benzene rings is 2. The third-order valence-corrected chi connectivity index (χ3v) is 4.07. The lowest BCUT2D eigenvalue weighted by Crippen LogP contribution is -2.23. The van der Waals surface area contributed by atoms with Crippen molar-refractivity contribution >= 4 is 0 Å². The fraction of sp³-hybridized carbons (Fsp3) is 0.294. The van der Waals surface area contributed by atoms with E-state index in [1.165, 1.54) is 6.07 Å². The highest BCUT2D eigenvalue weighted by Gasteiger charge is 2.26.